The fourth-order valence-electron chi connectivity index (χ4n) is 1.79. The lowest BCUT2D eigenvalue weighted by Crippen LogP contribution is -2.29. The second-order valence-corrected chi connectivity index (χ2v) is 3.57. The highest BCUT2D eigenvalue weighted by Gasteiger charge is 2.32. The van der Waals surface area contributed by atoms with Gasteiger partial charge in [0, 0.05) is 0 Å². The van der Waals surface area contributed by atoms with E-state index in [9.17, 15) is 0 Å². The summed E-state index contributed by atoms with van der Waals surface area (Å²) in [6.07, 6.45) is 11.1. The van der Waals surface area contributed by atoms with Gasteiger partial charge in [-0.05, 0) is 37.6 Å². The highest BCUT2D eigenvalue weighted by atomic mass is 14.5. The molecule has 0 unspecified atom stereocenters. The van der Waals surface area contributed by atoms with Crippen LogP contribution >= 0.6 is 0 Å². The van der Waals surface area contributed by atoms with Crippen molar-refractivity contribution < 1.29 is 0 Å². The standard InChI is InChI=1S/C10H19N/c1-2-3-5-10(8-9-11)6-4-7-10/h3,5H,2,4,6-9,11H2,1H3/b5-3+. The third-order valence-electron chi connectivity index (χ3n) is 2.70. The topological polar surface area (TPSA) is 26.0 Å². The average molecular weight is 153 g/mol. The third kappa shape index (κ3) is 2.06. The highest BCUT2D eigenvalue weighted by molar-refractivity contribution is 5.04. The number of allylic oxidation sites excluding steroid dienone is 2. The summed E-state index contributed by atoms with van der Waals surface area (Å²) in [6, 6.07) is 0. The summed E-state index contributed by atoms with van der Waals surface area (Å²) >= 11 is 0. The van der Waals surface area contributed by atoms with Crippen molar-refractivity contribution in [3.63, 3.8) is 0 Å². The third-order valence-corrected chi connectivity index (χ3v) is 2.70. The van der Waals surface area contributed by atoms with Gasteiger partial charge in [-0.15, -0.1) is 0 Å². The molecule has 0 atom stereocenters. The second kappa shape index (κ2) is 3.91. The molecule has 0 aromatic carbocycles. The zero-order valence-electron chi connectivity index (χ0n) is 7.47. The summed E-state index contributed by atoms with van der Waals surface area (Å²) in [4.78, 5) is 0. The number of nitrogens with two attached hydrogens (primary N) is 1. The van der Waals surface area contributed by atoms with Gasteiger partial charge >= 0.3 is 0 Å². The molecule has 1 fully saturated rings. The van der Waals surface area contributed by atoms with E-state index >= 15 is 0 Å². The van der Waals surface area contributed by atoms with Gasteiger partial charge in [0.2, 0.25) is 0 Å². The van der Waals surface area contributed by atoms with Gasteiger partial charge in [0.25, 0.3) is 0 Å². The van der Waals surface area contributed by atoms with Crippen molar-refractivity contribution >= 4 is 0 Å². The molecule has 0 radical (unpaired) electrons. The molecule has 0 bridgehead atoms. The van der Waals surface area contributed by atoms with E-state index in [4.69, 9.17) is 5.73 Å². The lowest BCUT2D eigenvalue weighted by Gasteiger charge is -2.39. The van der Waals surface area contributed by atoms with E-state index in [2.05, 4.69) is 19.1 Å². The Morgan fingerprint density at radius 2 is 2.18 bits per heavy atom. The number of hydrogen-bond donors (Lipinski definition) is 1. The maximum atomic E-state index is 5.56. The van der Waals surface area contributed by atoms with E-state index in [0.717, 1.165) is 13.0 Å². The predicted molar refractivity (Wildman–Crippen MR) is 49.4 cm³/mol. The molecular weight excluding hydrogens is 134 g/mol. The summed E-state index contributed by atoms with van der Waals surface area (Å²) < 4.78 is 0. The first-order valence-corrected chi connectivity index (χ1v) is 4.71. The molecule has 11 heavy (non-hydrogen) atoms. The molecule has 1 rings (SSSR count). The molecule has 0 aromatic heterocycles. The van der Waals surface area contributed by atoms with Gasteiger partial charge in [-0.1, -0.05) is 25.5 Å². The van der Waals surface area contributed by atoms with Gasteiger partial charge in [-0.2, -0.15) is 0 Å². The molecule has 1 aliphatic carbocycles. The molecule has 1 nitrogen and oxygen atoms in total. The highest BCUT2D eigenvalue weighted by Crippen LogP contribution is 2.44. The van der Waals surface area contributed by atoms with Crippen LogP contribution in [0.4, 0.5) is 0 Å². The first-order valence-electron chi connectivity index (χ1n) is 4.71. The molecule has 1 saturated carbocycles. The summed E-state index contributed by atoms with van der Waals surface area (Å²) in [5.41, 5.74) is 6.08. The summed E-state index contributed by atoms with van der Waals surface area (Å²) in [5, 5.41) is 0. The number of hydrogen-bond acceptors (Lipinski definition) is 1. The van der Waals surface area contributed by atoms with E-state index in [1.807, 2.05) is 0 Å². The van der Waals surface area contributed by atoms with Crippen LogP contribution in [0, 0.1) is 5.41 Å². The van der Waals surface area contributed by atoms with Crippen molar-refractivity contribution in [3.8, 4) is 0 Å². The molecule has 64 valence electrons. The summed E-state index contributed by atoms with van der Waals surface area (Å²) in [7, 11) is 0. The van der Waals surface area contributed by atoms with Crippen molar-refractivity contribution in [2.24, 2.45) is 11.1 Å². The first-order chi connectivity index (χ1) is 5.33. The van der Waals surface area contributed by atoms with Crippen LogP contribution in [0.25, 0.3) is 0 Å². The summed E-state index contributed by atoms with van der Waals surface area (Å²) in [5.74, 6) is 0. The van der Waals surface area contributed by atoms with E-state index in [1.54, 1.807) is 0 Å². The Bertz CT molecular complexity index is 134. The molecule has 0 heterocycles. The fraction of sp³-hybridized carbons (Fsp3) is 0.800. The fourth-order valence-corrected chi connectivity index (χ4v) is 1.79. The molecule has 0 spiro atoms. The van der Waals surface area contributed by atoms with Gasteiger partial charge in [-0.25, -0.2) is 0 Å². The minimum absolute atomic E-state index is 0.519. The quantitative estimate of drug-likeness (QED) is 0.617. The minimum atomic E-state index is 0.519. The Morgan fingerprint density at radius 3 is 2.55 bits per heavy atom. The van der Waals surface area contributed by atoms with Gasteiger partial charge in [0.1, 0.15) is 0 Å². The SMILES string of the molecule is CC/C=C/C1(CCN)CCC1. The number of rotatable bonds is 4. The van der Waals surface area contributed by atoms with Crippen LogP contribution in [0.2, 0.25) is 0 Å². The van der Waals surface area contributed by atoms with Gasteiger partial charge < -0.3 is 5.73 Å². The predicted octanol–water partition coefficient (Wildman–Crippen LogP) is 2.47. The first kappa shape index (κ1) is 8.79. The Morgan fingerprint density at radius 1 is 1.45 bits per heavy atom. The van der Waals surface area contributed by atoms with Gasteiger partial charge in [-0.3, -0.25) is 0 Å². The van der Waals surface area contributed by atoms with E-state index in [-0.39, 0.29) is 0 Å². The van der Waals surface area contributed by atoms with Crippen LogP contribution in [0.5, 0.6) is 0 Å². The second-order valence-electron chi connectivity index (χ2n) is 3.57. The Balaban J connectivity index is 2.39. The minimum Gasteiger partial charge on any atom is -0.330 e. The van der Waals surface area contributed by atoms with Crippen molar-refractivity contribution in [2.45, 2.75) is 39.0 Å². The molecular formula is C10H19N. The van der Waals surface area contributed by atoms with Crippen LogP contribution in [-0.4, -0.2) is 6.54 Å². The van der Waals surface area contributed by atoms with Crippen LogP contribution in [0.3, 0.4) is 0 Å². The normalized spacial score (nSPS) is 22.0. The Kier molecular flexibility index (Phi) is 3.13. The lowest BCUT2D eigenvalue weighted by atomic mass is 9.66. The average Bonchev–Trinajstić information content (AvgIpc) is 1.95. The van der Waals surface area contributed by atoms with Crippen molar-refractivity contribution in [2.75, 3.05) is 6.54 Å². The molecule has 0 aliphatic heterocycles. The van der Waals surface area contributed by atoms with Crippen LogP contribution in [0.15, 0.2) is 12.2 Å². The monoisotopic (exact) mass is 153 g/mol. The van der Waals surface area contributed by atoms with Crippen LogP contribution in [0.1, 0.15) is 39.0 Å². The van der Waals surface area contributed by atoms with E-state index < -0.39 is 0 Å². The van der Waals surface area contributed by atoms with Crippen molar-refractivity contribution in [1.29, 1.82) is 0 Å². The summed E-state index contributed by atoms with van der Waals surface area (Å²) in [6.45, 7) is 3.03. The zero-order chi connectivity index (χ0) is 8.16. The molecule has 2 N–H and O–H groups in total. The Labute approximate surface area is 69.7 Å². The van der Waals surface area contributed by atoms with E-state index in [0.29, 0.717) is 5.41 Å². The zero-order valence-corrected chi connectivity index (χ0v) is 7.47. The molecule has 0 aromatic rings. The van der Waals surface area contributed by atoms with Crippen LogP contribution < -0.4 is 5.73 Å². The largest absolute Gasteiger partial charge is 0.330 e. The molecule has 1 aliphatic rings. The maximum absolute atomic E-state index is 5.56. The van der Waals surface area contributed by atoms with Crippen molar-refractivity contribution in [3.05, 3.63) is 12.2 Å². The Hall–Kier alpha value is -0.300. The smallest absolute Gasteiger partial charge is 0.00690 e. The molecule has 0 saturated heterocycles. The van der Waals surface area contributed by atoms with Gasteiger partial charge in [0.05, 0.1) is 0 Å². The molecule has 1 heteroatoms. The lowest BCUT2D eigenvalue weighted by molar-refractivity contribution is 0.191. The molecule has 0 amide bonds. The van der Waals surface area contributed by atoms with Crippen molar-refractivity contribution in [1.82, 2.24) is 0 Å². The van der Waals surface area contributed by atoms with E-state index in [1.165, 1.54) is 25.7 Å². The van der Waals surface area contributed by atoms with Gasteiger partial charge in [0.15, 0.2) is 0 Å². The van der Waals surface area contributed by atoms with Crippen LogP contribution in [-0.2, 0) is 0 Å². The maximum Gasteiger partial charge on any atom is -0.00690 e.